The van der Waals surface area contributed by atoms with Gasteiger partial charge in [0.15, 0.2) is 0 Å². The number of hydrogen-bond acceptors (Lipinski definition) is 4. The van der Waals surface area contributed by atoms with Crippen LogP contribution < -0.4 is 16.2 Å². The van der Waals surface area contributed by atoms with E-state index < -0.39 is 16.1 Å². The Bertz CT molecular complexity index is 667. The highest BCUT2D eigenvalue weighted by molar-refractivity contribution is 7.89. The highest BCUT2D eigenvalue weighted by atomic mass is 32.2. The van der Waals surface area contributed by atoms with Gasteiger partial charge in [0.25, 0.3) is 0 Å². The number of nitrogens with one attached hydrogen (secondary N) is 1. The molecule has 1 aliphatic carbocycles. The molecule has 0 aliphatic heterocycles. The van der Waals surface area contributed by atoms with E-state index in [1.165, 1.54) is 25.3 Å². The smallest absolute Gasteiger partial charge is 0.241 e. The van der Waals surface area contributed by atoms with Gasteiger partial charge in [-0.05, 0) is 37.0 Å². The van der Waals surface area contributed by atoms with Crippen LogP contribution in [0.2, 0.25) is 0 Å². The summed E-state index contributed by atoms with van der Waals surface area (Å²) in [5, 5.41) is 7.86. The van der Waals surface area contributed by atoms with E-state index in [-0.39, 0.29) is 10.8 Å². The number of carbonyl (C=O) groups excluding carboxylic acids is 1. The van der Waals surface area contributed by atoms with E-state index in [2.05, 4.69) is 5.32 Å². The summed E-state index contributed by atoms with van der Waals surface area (Å²) in [6, 6.07) is 4.05. The van der Waals surface area contributed by atoms with Crippen LogP contribution in [-0.2, 0) is 14.8 Å². The Hall–Kier alpha value is -1.44. The van der Waals surface area contributed by atoms with E-state index in [9.17, 15) is 13.2 Å². The number of rotatable bonds is 5. The van der Waals surface area contributed by atoms with Crippen molar-refractivity contribution in [3.8, 4) is 0 Å². The van der Waals surface area contributed by atoms with Crippen LogP contribution in [0.1, 0.15) is 44.1 Å². The van der Waals surface area contributed by atoms with Gasteiger partial charge in [0.2, 0.25) is 15.9 Å². The van der Waals surface area contributed by atoms with Gasteiger partial charge in [-0.3, -0.25) is 4.79 Å². The number of primary sulfonamides is 1. The predicted molar refractivity (Wildman–Crippen MR) is 90.3 cm³/mol. The molecule has 0 aromatic heterocycles. The molecule has 0 radical (unpaired) electrons. The Balaban J connectivity index is 2.02. The second-order valence-electron chi connectivity index (χ2n) is 6.36. The summed E-state index contributed by atoms with van der Waals surface area (Å²) < 4.78 is 23.1. The molecular weight excluding hydrogens is 314 g/mol. The number of sulfonamides is 1. The second-order valence-corrected chi connectivity index (χ2v) is 7.89. The molecule has 7 heteroatoms. The highest BCUT2D eigenvalue weighted by Gasteiger charge is 2.22. The van der Waals surface area contributed by atoms with Crippen LogP contribution in [-0.4, -0.2) is 20.4 Å². The van der Waals surface area contributed by atoms with Crippen molar-refractivity contribution < 1.29 is 13.2 Å². The Morgan fingerprint density at radius 2 is 1.96 bits per heavy atom. The number of carbonyl (C=O) groups is 1. The molecule has 0 heterocycles. The zero-order valence-corrected chi connectivity index (χ0v) is 14.2. The summed E-state index contributed by atoms with van der Waals surface area (Å²) in [7, 11) is -3.82. The van der Waals surface area contributed by atoms with Gasteiger partial charge in [-0.25, -0.2) is 13.6 Å². The number of hydrogen-bond donors (Lipinski definition) is 3. The minimum absolute atomic E-state index is 0.0103. The highest BCUT2D eigenvalue weighted by Crippen LogP contribution is 2.27. The van der Waals surface area contributed by atoms with E-state index in [0.717, 1.165) is 12.8 Å². The van der Waals surface area contributed by atoms with E-state index in [1.807, 2.05) is 0 Å². The fraction of sp³-hybridized carbons (Fsp3) is 0.562. The first-order valence-corrected chi connectivity index (χ1v) is 9.52. The molecule has 1 aliphatic rings. The molecule has 1 aromatic rings. The van der Waals surface area contributed by atoms with E-state index >= 15 is 0 Å². The largest absolute Gasteiger partial charge is 0.325 e. The van der Waals surface area contributed by atoms with Gasteiger partial charge in [0, 0.05) is 5.69 Å². The summed E-state index contributed by atoms with van der Waals surface area (Å²) in [6.45, 7) is 1.65. The van der Waals surface area contributed by atoms with Gasteiger partial charge in [-0.15, -0.1) is 0 Å². The SMILES string of the molecule is Cc1ccc(NC(=O)C(N)CC2CCCCC2)cc1S(N)(=O)=O. The van der Waals surface area contributed by atoms with Gasteiger partial charge in [-0.1, -0.05) is 38.2 Å². The molecule has 1 atom stereocenters. The maximum atomic E-state index is 12.2. The lowest BCUT2D eigenvalue weighted by molar-refractivity contribution is -0.117. The third-order valence-corrected chi connectivity index (χ3v) is 5.46. The summed E-state index contributed by atoms with van der Waals surface area (Å²) >= 11 is 0. The summed E-state index contributed by atoms with van der Waals surface area (Å²) in [5.74, 6) is 0.210. The number of amides is 1. The van der Waals surface area contributed by atoms with Crippen molar-refractivity contribution in [2.45, 2.75) is 56.4 Å². The molecule has 0 saturated heterocycles. The van der Waals surface area contributed by atoms with Gasteiger partial charge in [0.05, 0.1) is 10.9 Å². The zero-order valence-electron chi connectivity index (χ0n) is 13.4. The van der Waals surface area contributed by atoms with Crippen molar-refractivity contribution in [3.63, 3.8) is 0 Å². The molecule has 23 heavy (non-hydrogen) atoms. The third-order valence-electron chi connectivity index (χ3n) is 4.41. The van der Waals surface area contributed by atoms with E-state index in [4.69, 9.17) is 10.9 Å². The normalized spacial score (nSPS) is 17.7. The quantitative estimate of drug-likeness (QED) is 0.759. The van der Waals surface area contributed by atoms with Gasteiger partial charge >= 0.3 is 0 Å². The molecule has 1 aromatic carbocycles. The average Bonchev–Trinajstić information content (AvgIpc) is 2.49. The predicted octanol–water partition coefficient (Wildman–Crippen LogP) is 1.88. The maximum Gasteiger partial charge on any atom is 0.241 e. The number of anilines is 1. The van der Waals surface area contributed by atoms with E-state index in [0.29, 0.717) is 23.6 Å². The maximum absolute atomic E-state index is 12.2. The molecule has 6 nitrogen and oxygen atoms in total. The van der Waals surface area contributed by atoms with Gasteiger partial charge in [-0.2, -0.15) is 0 Å². The molecule has 1 unspecified atom stereocenters. The van der Waals surface area contributed by atoms with Crippen molar-refractivity contribution in [1.82, 2.24) is 0 Å². The molecule has 0 bridgehead atoms. The van der Waals surface area contributed by atoms with Gasteiger partial charge < -0.3 is 11.1 Å². The molecular formula is C16H25N3O3S. The molecule has 1 saturated carbocycles. The molecule has 128 valence electrons. The van der Waals surface area contributed by atoms with Crippen molar-refractivity contribution in [1.29, 1.82) is 0 Å². The van der Waals surface area contributed by atoms with Crippen LogP contribution in [0, 0.1) is 12.8 Å². The van der Waals surface area contributed by atoms with Crippen molar-refractivity contribution >= 4 is 21.6 Å². The molecule has 5 N–H and O–H groups in total. The molecule has 0 spiro atoms. The lowest BCUT2D eigenvalue weighted by Gasteiger charge is -2.24. The van der Waals surface area contributed by atoms with Crippen molar-refractivity contribution in [2.75, 3.05) is 5.32 Å². The minimum Gasteiger partial charge on any atom is -0.325 e. The van der Waals surface area contributed by atoms with Crippen LogP contribution in [0.5, 0.6) is 0 Å². The van der Waals surface area contributed by atoms with Crippen molar-refractivity contribution in [3.05, 3.63) is 23.8 Å². The Labute approximate surface area is 137 Å². The number of benzene rings is 1. The number of nitrogens with two attached hydrogens (primary N) is 2. The Kier molecular flexibility index (Phi) is 5.78. The number of aryl methyl sites for hydroxylation is 1. The first-order chi connectivity index (χ1) is 10.8. The summed E-state index contributed by atoms with van der Waals surface area (Å²) in [6.07, 6.45) is 6.59. The Morgan fingerprint density at radius 1 is 1.30 bits per heavy atom. The van der Waals surface area contributed by atoms with Crippen molar-refractivity contribution in [2.24, 2.45) is 16.8 Å². The van der Waals surface area contributed by atoms with Crippen LogP contribution >= 0.6 is 0 Å². The van der Waals surface area contributed by atoms with Crippen LogP contribution in [0.15, 0.2) is 23.1 Å². The Morgan fingerprint density at radius 3 is 2.57 bits per heavy atom. The zero-order chi connectivity index (χ0) is 17.0. The lowest BCUT2D eigenvalue weighted by atomic mass is 9.85. The fourth-order valence-electron chi connectivity index (χ4n) is 3.11. The minimum atomic E-state index is -3.82. The van der Waals surface area contributed by atoms with Crippen LogP contribution in [0.25, 0.3) is 0 Å². The summed E-state index contributed by atoms with van der Waals surface area (Å²) in [5.41, 5.74) is 6.93. The standard InChI is InChI=1S/C16H25N3O3S/c1-11-7-8-13(10-15(11)23(18,21)22)19-16(20)14(17)9-12-5-3-2-4-6-12/h7-8,10,12,14H,2-6,9,17H2,1H3,(H,19,20)(H2,18,21,22). The fourth-order valence-corrected chi connectivity index (χ4v) is 3.92. The summed E-state index contributed by atoms with van der Waals surface area (Å²) in [4.78, 5) is 12.2. The van der Waals surface area contributed by atoms with Crippen LogP contribution in [0.4, 0.5) is 5.69 Å². The molecule has 1 fully saturated rings. The van der Waals surface area contributed by atoms with Gasteiger partial charge in [0.1, 0.15) is 0 Å². The average molecular weight is 339 g/mol. The van der Waals surface area contributed by atoms with E-state index in [1.54, 1.807) is 19.1 Å². The third kappa shape index (κ3) is 5.02. The monoisotopic (exact) mass is 339 g/mol. The second kappa shape index (κ2) is 7.42. The molecule has 1 amide bonds. The first kappa shape index (κ1) is 17.9. The topological polar surface area (TPSA) is 115 Å². The molecule has 2 rings (SSSR count). The lowest BCUT2D eigenvalue weighted by Crippen LogP contribution is -2.37. The first-order valence-electron chi connectivity index (χ1n) is 7.97. The van der Waals surface area contributed by atoms with Crippen LogP contribution in [0.3, 0.4) is 0 Å².